The summed E-state index contributed by atoms with van der Waals surface area (Å²) in [7, 11) is 1.24. The topological polar surface area (TPSA) is 87.3 Å². The van der Waals surface area contributed by atoms with E-state index in [1.54, 1.807) is 16.9 Å². The fraction of sp³-hybridized carbons (Fsp3) is 0.333. The summed E-state index contributed by atoms with van der Waals surface area (Å²) in [4.78, 5) is 22.2. The largest absolute Gasteiger partial charge is 0.465 e. The molecule has 2 rings (SSSR count). The standard InChI is InChI=1S/C15H17N3O4/c1-4-10(2)17-9-11(8-16-17)13-6-5-12(18(20)21)7-14(13)15(19)22-3/h5-10H,4H2,1-3H3/t10-/m0/s1. The third kappa shape index (κ3) is 2.98. The number of esters is 1. The Balaban J connectivity index is 2.52. The molecule has 1 heterocycles. The van der Waals surface area contributed by atoms with E-state index in [1.165, 1.54) is 19.2 Å². The van der Waals surface area contributed by atoms with Gasteiger partial charge in [0.2, 0.25) is 0 Å². The molecule has 0 unspecified atom stereocenters. The van der Waals surface area contributed by atoms with Gasteiger partial charge in [-0.25, -0.2) is 4.79 Å². The molecule has 0 aliphatic rings. The van der Waals surface area contributed by atoms with Crippen LogP contribution in [0.5, 0.6) is 0 Å². The Bertz CT molecular complexity index is 709. The zero-order chi connectivity index (χ0) is 16.3. The fourth-order valence-corrected chi connectivity index (χ4v) is 2.08. The number of hydrogen-bond acceptors (Lipinski definition) is 5. The quantitative estimate of drug-likeness (QED) is 0.481. The van der Waals surface area contributed by atoms with Crippen molar-refractivity contribution < 1.29 is 14.5 Å². The van der Waals surface area contributed by atoms with Crippen molar-refractivity contribution in [1.82, 2.24) is 9.78 Å². The number of carbonyl (C=O) groups is 1. The van der Waals surface area contributed by atoms with E-state index in [2.05, 4.69) is 12.0 Å². The molecular weight excluding hydrogens is 286 g/mol. The van der Waals surface area contributed by atoms with Gasteiger partial charge in [0.25, 0.3) is 5.69 Å². The van der Waals surface area contributed by atoms with Gasteiger partial charge in [-0.1, -0.05) is 6.92 Å². The van der Waals surface area contributed by atoms with Crippen molar-refractivity contribution >= 4 is 11.7 Å². The predicted molar refractivity (Wildman–Crippen MR) is 80.7 cm³/mol. The van der Waals surface area contributed by atoms with Crippen LogP contribution < -0.4 is 0 Å². The Labute approximate surface area is 127 Å². The van der Waals surface area contributed by atoms with E-state index >= 15 is 0 Å². The lowest BCUT2D eigenvalue weighted by atomic mass is 10.0. The molecule has 0 aliphatic heterocycles. The molecule has 1 atom stereocenters. The van der Waals surface area contributed by atoms with E-state index in [4.69, 9.17) is 4.74 Å². The van der Waals surface area contributed by atoms with Crippen molar-refractivity contribution in [3.05, 3.63) is 46.3 Å². The van der Waals surface area contributed by atoms with Gasteiger partial charge < -0.3 is 4.74 Å². The number of nitro groups is 1. The minimum Gasteiger partial charge on any atom is -0.465 e. The Kier molecular flexibility index (Phi) is 4.55. The van der Waals surface area contributed by atoms with Gasteiger partial charge in [0.15, 0.2) is 0 Å². The summed E-state index contributed by atoms with van der Waals surface area (Å²) in [5.74, 6) is -0.616. The van der Waals surface area contributed by atoms with Crippen LogP contribution in [0.25, 0.3) is 11.1 Å². The molecule has 1 aromatic heterocycles. The van der Waals surface area contributed by atoms with Gasteiger partial charge in [0.05, 0.1) is 23.8 Å². The normalized spacial score (nSPS) is 12.0. The molecule has 0 fully saturated rings. The molecule has 0 spiro atoms. The number of nitrogens with zero attached hydrogens (tertiary/aromatic N) is 3. The van der Waals surface area contributed by atoms with Crippen molar-refractivity contribution in [2.24, 2.45) is 0 Å². The lowest BCUT2D eigenvalue weighted by molar-refractivity contribution is -0.384. The highest BCUT2D eigenvalue weighted by Gasteiger charge is 2.19. The molecule has 0 aliphatic carbocycles. The zero-order valence-corrected chi connectivity index (χ0v) is 12.6. The first kappa shape index (κ1) is 15.7. The summed E-state index contributed by atoms with van der Waals surface area (Å²) in [5.41, 5.74) is 1.28. The average Bonchev–Trinajstić information content (AvgIpc) is 3.02. The average molecular weight is 303 g/mol. The smallest absolute Gasteiger partial charge is 0.338 e. The van der Waals surface area contributed by atoms with Crippen LogP contribution in [0.15, 0.2) is 30.6 Å². The SMILES string of the molecule is CC[C@H](C)n1cc(-c2ccc([N+](=O)[O-])cc2C(=O)OC)cn1. The number of methoxy groups -OCH3 is 1. The summed E-state index contributed by atoms with van der Waals surface area (Å²) in [6.07, 6.45) is 4.38. The first-order chi connectivity index (χ1) is 10.5. The van der Waals surface area contributed by atoms with Crippen LogP contribution in [0.1, 0.15) is 36.7 Å². The van der Waals surface area contributed by atoms with Crippen LogP contribution in [0.3, 0.4) is 0 Å². The van der Waals surface area contributed by atoms with Gasteiger partial charge in [0.1, 0.15) is 0 Å². The molecule has 22 heavy (non-hydrogen) atoms. The predicted octanol–water partition coefficient (Wildman–Crippen LogP) is 3.22. The summed E-state index contributed by atoms with van der Waals surface area (Å²) in [6, 6.07) is 4.36. The second kappa shape index (κ2) is 6.38. The molecule has 7 nitrogen and oxygen atoms in total. The second-order valence-corrected chi connectivity index (χ2v) is 4.94. The number of rotatable bonds is 5. The maximum absolute atomic E-state index is 11.9. The van der Waals surface area contributed by atoms with Gasteiger partial charge in [-0.2, -0.15) is 5.10 Å². The molecule has 116 valence electrons. The third-order valence-corrected chi connectivity index (χ3v) is 3.57. The van der Waals surface area contributed by atoms with Gasteiger partial charge in [-0.05, 0) is 25.0 Å². The zero-order valence-electron chi connectivity index (χ0n) is 12.6. The maximum Gasteiger partial charge on any atom is 0.338 e. The Morgan fingerprint density at radius 2 is 2.23 bits per heavy atom. The molecule has 0 bridgehead atoms. The molecule has 2 aromatic rings. The molecule has 0 saturated carbocycles. The fourth-order valence-electron chi connectivity index (χ4n) is 2.08. The summed E-state index contributed by atoms with van der Waals surface area (Å²) in [6.45, 7) is 4.09. The van der Waals surface area contributed by atoms with E-state index < -0.39 is 10.9 Å². The van der Waals surface area contributed by atoms with Gasteiger partial charge in [0, 0.05) is 29.9 Å². The Morgan fingerprint density at radius 1 is 1.50 bits per heavy atom. The van der Waals surface area contributed by atoms with Crippen LogP contribution in [-0.4, -0.2) is 27.8 Å². The van der Waals surface area contributed by atoms with E-state index in [-0.39, 0.29) is 17.3 Å². The monoisotopic (exact) mass is 303 g/mol. The van der Waals surface area contributed by atoms with Crippen molar-refractivity contribution in [3.63, 3.8) is 0 Å². The van der Waals surface area contributed by atoms with Crippen molar-refractivity contribution in [2.45, 2.75) is 26.3 Å². The summed E-state index contributed by atoms with van der Waals surface area (Å²) >= 11 is 0. The van der Waals surface area contributed by atoms with Gasteiger partial charge >= 0.3 is 5.97 Å². The molecule has 7 heteroatoms. The van der Waals surface area contributed by atoms with E-state index in [0.29, 0.717) is 5.56 Å². The number of nitro benzene ring substituents is 1. The van der Waals surface area contributed by atoms with E-state index in [0.717, 1.165) is 12.0 Å². The number of carbonyl (C=O) groups excluding carboxylic acids is 1. The minimum atomic E-state index is -0.616. The Morgan fingerprint density at radius 3 is 2.82 bits per heavy atom. The maximum atomic E-state index is 11.9. The molecule has 0 N–H and O–H groups in total. The van der Waals surface area contributed by atoms with Crippen LogP contribution in [0.4, 0.5) is 5.69 Å². The molecular formula is C15H17N3O4. The third-order valence-electron chi connectivity index (χ3n) is 3.57. The van der Waals surface area contributed by atoms with Crippen LogP contribution in [0.2, 0.25) is 0 Å². The van der Waals surface area contributed by atoms with E-state index in [9.17, 15) is 14.9 Å². The first-order valence-corrected chi connectivity index (χ1v) is 6.89. The highest BCUT2D eigenvalue weighted by Crippen LogP contribution is 2.28. The number of benzene rings is 1. The number of non-ortho nitro benzene ring substituents is 1. The first-order valence-electron chi connectivity index (χ1n) is 6.89. The second-order valence-electron chi connectivity index (χ2n) is 4.94. The molecule has 0 radical (unpaired) electrons. The van der Waals surface area contributed by atoms with Crippen LogP contribution >= 0.6 is 0 Å². The van der Waals surface area contributed by atoms with Crippen molar-refractivity contribution in [2.75, 3.05) is 7.11 Å². The molecule has 0 saturated heterocycles. The lowest BCUT2D eigenvalue weighted by Gasteiger charge is -2.08. The van der Waals surface area contributed by atoms with Crippen LogP contribution in [0, 0.1) is 10.1 Å². The molecule has 1 aromatic carbocycles. The molecule has 0 amide bonds. The van der Waals surface area contributed by atoms with Crippen LogP contribution in [-0.2, 0) is 4.74 Å². The summed E-state index contributed by atoms with van der Waals surface area (Å²) < 4.78 is 6.52. The van der Waals surface area contributed by atoms with Crippen molar-refractivity contribution in [1.29, 1.82) is 0 Å². The van der Waals surface area contributed by atoms with E-state index in [1.807, 2.05) is 13.1 Å². The highest BCUT2D eigenvalue weighted by atomic mass is 16.6. The highest BCUT2D eigenvalue weighted by molar-refractivity contribution is 5.97. The minimum absolute atomic E-state index is 0.153. The Hall–Kier alpha value is -2.70. The number of ether oxygens (including phenoxy) is 1. The van der Waals surface area contributed by atoms with Crippen molar-refractivity contribution in [3.8, 4) is 11.1 Å². The van der Waals surface area contributed by atoms with Gasteiger partial charge in [-0.15, -0.1) is 0 Å². The number of aromatic nitrogens is 2. The lowest BCUT2D eigenvalue weighted by Crippen LogP contribution is -2.05. The number of hydrogen-bond donors (Lipinski definition) is 0. The summed E-state index contributed by atoms with van der Waals surface area (Å²) in [5, 5.41) is 15.2. The van der Waals surface area contributed by atoms with Gasteiger partial charge in [-0.3, -0.25) is 14.8 Å².